The number of carbonyl (C=O) groups excluding carboxylic acids is 1. The van der Waals surface area contributed by atoms with Crippen LogP contribution in [0.1, 0.15) is 28.8 Å². The molecule has 1 atom stereocenters. The molecule has 0 aliphatic carbocycles. The summed E-state index contributed by atoms with van der Waals surface area (Å²) in [5, 5.41) is 11.9. The van der Waals surface area contributed by atoms with E-state index >= 15 is 0 Å². The molecule has 1 heterocycles. The number of hydrogen-bond donors (Lipinski definition) is 2. The summed E-state index contributed by atoms with van der Waals surface area (Å²) in [7, 11) is 1.68. The molecule has 2 N–H and O–H groups in total. The molecular formula is C15H20N2O4. The number of aryl methyl sites for hydroxylation is 1. The number of likely N-dealkylation sites (N-methyl/N-ethyl adjacent to an activating group) is 1. The standard InChI is InChI=1S/C15H20N2O4/c1-10-5-3-7-12(14(18)19)13(10)16-15(20)17(2)9-11-6-4-8-21-11/h3,5,7,11H,4,6,8-9H2,1-2H3,(H,16,20)(H,18,19). The van der Waals surface area contributed by atoms with E-state index in [1.807, 2.05) is 0 Å². The van der Waals surface area contributed by atoms with Crippen molar-refractivity contribution in [2.24, 2.45) is 0 Å². The summed E-state index contributed by atoms with van der Waals surface area (Å²) in [5.74, 6) is -1.06. The number of carbonyl (C=O) groups is 2. The molecule has 1 unspecified atom stereocenters. The van der Waals surface area contributed by atoms with E-state index in [2.05, 4.69) is 5.32 Å². The van der Waals surface area contributed by atoms with Crippen molar-refractivity contribution in [1.29, 1.82) is 0 Å². The molecule has 21 heavy (non-hydrogen) atoms. The first-order chi connectivity index (χ1) is 9.99. The van der Waals surface area contributed by atoms with Gasteiger partial charge in [-0.15, -0.1) is 0 Å². The van der Waals surface area contributed by atoms with E-state index in [1.165, 1.54) is 11.0 Å². The highest BCUT2D eigenvalue weighted by atomic mass is 16.5. The summed E-state index contributed by atoms with van der Waals surface area (Å²) < 4.78 is 5.49. The van der Waals surface area contributed by atoms with Crippen LogP contribution in [-0.2, 0) is 4.74 Å². The predicted molar refractivity (Wildman–Crippen MR) is 78.8 cm³/mol. The van der Waals surface area contributed by atoms with E-state index in [-0.39, 0.29) is 17.7 Å². The molecule has 0 saturated carbocycles. The largest absolute Gasteiger partial charge is 0.478 e. The maximum Gasteiger partial charge on any atom is 0.337 e. The number of anilines is 1. The zero-order chi connectivity index (χ0) is 15.4. The number of carboxylic acid groups (broad SMARTS) is 1. The molecule has 0 bridgehead atoms. The average Bonchev–Trinajstić information content (AvgIpc) is 2.93. The van der Waals surface area contributed by atoms with Gasteiger partial charge in [0.2, 0.25) is 0 Å². The fourth-order valence-electron chi connectivity index (χ4n) is 2.39. The smallest absolute Gasteiger partial charge is 0.337 e. The van der Waals surface area contributed by atoms with Crippen LogP contribution in [-0.4, -0.2) is 48.3 Å². The number of benzene rings is 1. The normalized spacial score (nSPS) is 17.5. The van der Waals surface area contributed by atoms with Crippen LogP contribution < -0.4 is 5.32 Å². The summed E-state index contributed by atoms with van der Waals surface area (Å²) >= 11 is 0. The van der Waals surface area contributed by atoms with Crippen molar-refractivity contribution in [1.82, 2.24) is 4.90 Å². The minimum Gasteiger partial charge on any atom is -0.478 e. The van der Waals surface area contributed by atoms with Crippen molar-refractivity contribution in [3.8, 4) is 0 Å². The molecule has 0 spiro atoms. The number of nitrogens with one attached hydrogen (secondary N) is 1. The summed E-state index contributed by atoms with van der Waals surface area (Å²) in [5.41, 5.74) is 1.15. The second kappa shape index (κ2) is 6.58. The van der Waals surface area contributed by atoms with Crippen LogP contribution in [0.2, 0.25) is 0 Å². The van der Waals surface area contributed by atoms with E-state index in [4.69, 9.17) is 4.74 Å². The Kier molecular flexibility index (Phi) is 4.80. The molecule has 1 aromatic carbocycles. The number of urea groups is 1. The second-order valence-electron chi connectivity index (χ2n) is 5.25. The van der Waals surface area contributed by atoms with Gasteiger partial charge in [0.05, 0.1) is 17.4 Å². The number of aromatic carboxylic acids is 1. The van der Waals surface area contributed by atoms with Crippen LogP contribution in [0, 0.1) is 6.92 Å². The molecule has 0 aromatic heterocycles. The van der Waals surface area contributed by atoms with Crippen LogP contribution in [0.25, 0.3) is 0 Å². The van der Waals surface area contributed by atoms with Crippen molar-refractivity contribution >= 4 is 17.7 Å². The maximum absolute atomic E-state index is 12.2. The Balaban J connectivity index is 2.06. The SMILES string of the molecule is Cc1cccc(C(=O)O)c1NC(=O)N(C)CC1CCCO1. The van der Waals surface area contributed by atoms with Crippen molar-refractivity contribution < 1.29 is 19.4 Å². The Bertz CT molecular complexity index is 538. The molecule has 6 heteroatoms. The van der Waals surface area contributed by atoms with Gasteiger partial charge in [0.25, 0.3) is 0 Å². The first-order valence-corrected chi connectivity index (χ1v) is 6.95. The number of carboxylic acids is 1. The minimum absolute atomic E-state index is 0.0663. The van der Waals surface area contributed by atoms with Gasteiger partial charge >= 0.3 is 12.0 Å². The van der Waals surface area contributed by atoms with Crippen LogP contribution in [0.4, 0.5) is 10.5 Å². The van der Waals surface area contributed by atoms with E-state index in [1.54, 1.807) is 26.1 Å². The molecule has 114 valence electrons. The van der Waals surface area contributed by atoms with E-state index in [0.29, 0.717) is 17.8 Å². The van der Waals surface area contributed by atoms with Gasteiger partial charge in [0, 0.05) is 20.2 Å². The minimum atomic E-state index is -1.06. The van der Waals surface area contributed by atoms with Crippen LogP contribution in [0.3, 0.4) is 0 Å². The van der Waals surface area contributed by atoms with Crippen molar-refractivity contribution in [2.45, 2.75) is 25.9 Å². The Labute approximate surface area is 123 Å². The molecule has 1 saturated heterocycles. The predicted octanol–water partition coefficient (Wildman–Crippen LogP) is 2.34. The molecule has 1 aromatic rings. The number of ether oxygens (including phenoxy) is 1. The monoisotopic (exact) mass is 292 g/mol. The zero-order valence-electron chi connectivity index (χ0n) is 12.3. The highest BCUT2D eigenvalue weighted by Gasteiger charge is 2.21. The molecular weight excluding hydrogens is 272 g/mol. The number of nitrogens with zero attached hydrogens (tertiary/aromatic N) is 1. The van der Waals surface area contributed by atoms with Crippen molar-refractivity contribution in [3.05, 3.63) is 29.3 Å². The Morgan fingerprint density at radius 1 is 1.48 bits per heavy atom. The lowest BCUT2D eigenvalue weighted by molar-refractivity contribution is 0.0697. The van der Waals surface area contributed by atoms with Gasteiger partial charge in [-0.05, 0) is 31.4 Å². The maximum atomic E-state index is 12.2. The summed E-state index contributed by atoms with van der Waals surface area (Å²) in [6.07, 6.45) is 2.03. The van der Waals surface area contributed by atoms with E-state index < -0.39 is 5.97 Å². The van der Waals surface area contributed by atoms with Crippen LogP contribution in [0.15, 0.2) is 18.2 Å². The first kappa shape index (κ1) is 15.3. The lowest BCUT2D eigenvalue weighted by Crippen LogP contribution is -2.37. The van der Waals surface area contributed by atoms with Crippen molar-refractivity contribution in [3.63, 3.8) is 0 Å². The third kappa shape index (κ3) is 3.72. The highest BCUT2D eigenvalue weighted by molar-refractivity contribution is 6.00. The molecule has 6 nitrogen and oxygen atoms in total. The van der Waals surface area contributed by atoms with Crippen LogP contribution >= 0.6 is 0 Å². The third-order valence-electron chi connectivity index (χ3n) is 3.58. The van der Waals surface area contributed by atoms with E-state index in [0.717, 1.165) is 19.4 Å². The van der Waals surface area contributed by atoms with E-state index in [9.17, 15) is 14.7 Å². The number of rotatable bonds is 4. The Hall–Kier alpha value is -2.08. The summed E-state index contributed by atoms with van der Waals surface area (Å²) in [6, 6.07) is 4.57. The topological polar surface area (TPSA) is 78.9 Å². The van der Waals surface area contributed by atoms with Gasteiger partial charge in [0.1, 0.15) is 0 Å². The quantitative estimate of drug-likeness (QED) is 0.892. The second-order valence-corrected chi connectivity index (χ2v) is 5.25. The molecule has 1 aliphatic heterocycles. The fourth-order valence-corrected chi connectivity index (χ4v) is 2.39. The highest BCUT2D eigenvalue weighted by Crippen LogP contribution is 2.21. The fraction of sp³-hybridized carbons (Fsp3) is 0.467. The lowest BCUT2D eigenvalue weighted by Gasteiger charge is -2.22. The zero-order valence-corrected chi connectivity index (χ0v) is 12.3. The molecule has 0 radical (unpaired) electrons. The molecule has 2 rings (SSSR count). The van der Waals surface area contributed by atoms with Crippen molar-refractivity contribution in [2.75, 3.05) is 25.5 Å². The summed E-state index contributed by atoms with van der Waals surface area (Å²) in [4.78, 5) is 24.9. The first-order valence-electron chi connectivity index (χ1n) is 6.95. The van der Waals surface area contributed by atoms with Crippen LogP contribution in [0.5, 0.6) is 0 Å². The van der Waals surface area contributed by atoms with Gasteiger partial charge in [-0.1, -0.05) is 12.1 Å². The van der Waals surface area contributed by atoms with Gasteiger partial charge < -0.3 is 20.1 Å². The molecule has 1 fully saturated rings. The number of amides is 2. The summed E-state index contributed by atoms with van der Waals surface area (Å²) in [6.45, 7) is 3.00. The third-order valence-corrected chi connectivity index (χ3v) is 3.58. The Morgan fingerprint density at radius 2 is 2.24 bits per heavy atom. The van der Waals surface area contributed by atoms with Gasteiger partial charge in [-0.3, -0.25) is 0 Å². The lowest BCUT2D eigenvalue weighted by atomic mass is 10.1. The van der Waals surface area contributed by atoms with Gasteiger partial charge in [-0.25, -0.2) is 9.59 Å². The van der Waals surface area contributed by atoms with Gasteiger partial charge in [0.15, 0.2) is 0 Å². The molecule has 1 aliphatic rings. The Morgan fingerprint density at radius 3 is 2.86 bits per heavy atom. The number of hydrogen-bond acceptors (Lipinski definition) is 3. The number of para-hydroxylation sites is 1. The van der Waals surface area contributed by atoms with Gasteiger partial charge in [-0.2, -0.15) is 0 Å². The average molecular weight is 292 g/mol. The molecule has 2 amide bonds.